The molecular weight excluding hydrogens is 254 g/mol. The summed E-state index contributed by atoms with van der Waals surface area (Å²) in [5.74, 6) is 0.563. The Balaban J connectivity index is 1.89. The minimum absolute atomic E-state index is 0.00477. The van der Waals surface area contributed by atoms with Gasteiger partial charge in [-0.2, -0.15) is 0 Å². The fourth-order valence-corrected chi connectivity index (χ4v) is 2.20. The lowest BCUT2D eigenvalue weighted by atomic mass is 10.2. The van der Waals surface area contributed by atoms with E-state index in [-0.39, 0.29) is 12.5 Å². The summed E-state index contributed by atoms with van der Waals surface area (Å²) >= 11 is 5.84. The maximum atomic E-state index is 11.8. The highest BCUT2D eigenvalue weighted by molar-refractivity contribution is 6.30. The monoisotopic (exact) mass is 269 g/mol. The van der Waals surface area contributed by atoms with Gasteiger partial charge in [-0.1, -0.05) is 11.6 Å². The van der Waals surface area contributed by atoms with Crippen LogP contribution in [0.25, 0.3) is 0 Å². The Morgan fingerprint density at radius 3 is 3.00 bits per heavy atom. The highest BCUT2D eigenvalue weighted by Crippen LogP contribution is 2.22. The van der Waals surface area contributed by atoms with Crippen LogP contribution in [0.1, 0.15) is 12.0 Å². The Morgan fingerprint density at radius 1 is 1.61 bits per heavy atom. The summed E-state index contributed by atoms with van der Waals surface area (Å²) in [6.07, 6.45) is 0.248. The van der Waals surface area contributed by atoms with Gasteiger partial charge in [0.2, 0.25) is 0 Å². The van der Waals surface area contributed by atoms with Gasteiger partial charge in [-0.15, -0.1) is 0 Å². The molecule has 18 heavy (non-hydrogen) atoms. The Kier molecular flexibility index (Phi) is 4.09. The number of amides is 1. The van der Waals surface area contributed by atoms with Crippen LogP contribution < -0.4 is 4.74 Å². The predicted octanol–water partition coefficient (Wildman–Crippen LogP) is 1.62. The first-order valence-corrected chi connectivity index (χ1v) is 6.29. The van der Waals surface area contributed by atoms with Crippen molar-refractivity contribution in [2.75, 3.05) is 19.7 Å². The zero-order chi connectivity index (χ0) is 13.1. The first-order chi connectivity index (χ1) is 8.56. The van der Waals surface area contributed by atoms with Crippen LogP contribution in [0.15, 0.2) is 18.2 Å². The van der Waals surface area contributed by atoms with Crippen LogP contribution in [-0.2, 0) is 4.79 Å². The van der Waals surface area contributed by atoms with E-state index < -0.39 is 6.10 Å². The smallest absolute Gasteiger partial charge is 0.260 e. The van der Waals surface area contributed by atoms with Gasteiger partial charge in [0.15, 0.2) is 6.61 Å². The van der Waals surface area contributed by atoms with E-state index in [1.165, 1.54) is 0 Å². The standard InChI is InChI=1S/C13H16ClNO3/c1-9-6-10(14)2-3-12(9)18-8-13(17)15-5-4-11(16)7-15/h2-3,6,11,16H,4-5,7-8H2,1H3/t11-/m0/s1. The molecule has 2 rings (SSSR count). The van der Waals surface area contributed by atoms with Gasteiger partial charge < -0.3 is 14.7 Å². The maximum absolute atomic E-state index is 11.8. The summed E-state index contributed by atoms with van der Waals surface area (Å²) in [6, 6.07) is 5.28. The number of benzene rings is 1. The number of hydrogen-bond acceptors (Lipinski definition) is 3. The van der Waals surface area contributed by atoms with E-state index in [1.54, 1.807) is 23.1 Å². The minimum Gasteiger partial charge on any atom is -0.483 e. The molecule has 5 heteroatoms. The Hall–Kier alpha value is -1.26. The lowest BCUT2D eigenvalue weighted by Gasteiger charge is -2.16. The Morgan fingerprint density at radius 2 is 2.39 bits per heavy atom. The van der Waals surface area contributed by atoms with Crippen LogP contribution >= 0.6 is 11.6 Å². The lowest BCUT2D eigenvalue weighted by Crippen LogP contribution is -2.33. The van der Waals surface area contributed by atoms with E-state index in [9.17, 15) is 9.90 Å². The number of ether oxygens (including phenoxy) is 1. The van der Waals surface area contributed by atoms with Crippen LogP contribution in [0.3, 0.4) is 0 Å². The van der Waals surface area contributed by atoms with Crippen molar-refractivity contribution in [2.24, 2.45) is 0 Å². The number of β-amino-alcohol motifs (C(OH)–C–C–N with tert-alkyl or cyclic N) is 1. The van der Waals surface area contributed by atoms with Crippen molar-refractivity contribution in [1.29, 1.82) is 0 Å². The molecule has 1 aliphatic rings. The van der Waals surface area contributed by atoms with Crippen LogP contribution in [0.2, 0.25) is 5.02 Å². The van der Waals surface area contributed by atoms with E-state index in [4.69, 9.17) is 16.3 Å². The van der Waals surface area contributed by atoms with Crippen LogP contribution in [0.5, 0.6) is 5.75 Å². The number of carbonyl (C=O) groups excluding carboxylic acids is 1. The van der Waals surface area contributed by atoms with E-state index in [2.05, 4.69) is 0 Å². The topological polar surface area (TPSA) is 49.8 Å². The third kappa shape index (κ3) is 3.15. The summed E-state index contributed by atoms with van der Waals surface area (Å²) in [4.78, 5) is 13.4. The zero-order valence-electron chi connectivity index (χ0n) is 10.2. The van der Waals surface area contributed by atoms with Crippen molar-refractivity contribution in [2.45, 2.75) is 19.4 Å². The van der Waals surface area contributed by atoms with E-state index in [0.717, 1.165) is 5.56 Å². The largest absolute Gasteiger partial charge is 0.483 e. The molecule has 0 bridgehead atoms. The lowest BCUT2D eigenvalue weighted by molar-refractivity contribution is -0.132. The van der Waals surface area contributed by atoms with Crippen LogP contribution in [0, 0.1) is 6.92 Å². The van der Waals surface area contributed by atoms with Gasteiger partial charge in [0, 0.05) is 18.1 Å². The molecule has 0 saturated carbocycles. The molecule has 0 spiro atoms. The van der Waals surface area contributed by atoms with Crippen molar-refractivity contribution < 1.29 is 14.6 Å². The second-order valence-electron chi connectivity index (χ2n) is 4.48. The zero-order valence-corrected chi connectivity index (χ0v) is 11.0. The molecule has 1 heterocycles. The van der Waals surface area contributed by atoms with E-state index in [0.29, 0.717) is 30.3 Å². The molecule has 1 N–H and O–H groups in total. The normalized spacial score (nSPS) is 19.1. The Bertz CT molecular complexity index is 450. The molecule has 1 aliphatic heterocycles. The summed E-state index contributed by atoms with van der Waals surface area (Å²) in [5, 5.41) is 10.0. The molecule has 1 aromatic rings. The summed E-state index contributed by atoms with van der Waals surface area (Å²) < 4.78 is 5.47. The second kappa shape index (κ2) is 5.59. The molecule has 4 nitrogen and oxygen atoms in total. The maximum Gasteiger partial charge on any atom is 0.260 e. The second-order valence-corrected chi connectivity index (χ2v) is 4.92. The van der Waals surface area contributed by atoms with Gasteiger partial charge >= 0.3 is 0 Å². The van der Waals surface area contributed by atoms with Crippen LogP contribution in [0.4, 0.5) is 0 Å². The molecular formula is C13H16ClNO3. The first-order valence-electron chi connectivity index (χ1n) is 5.91. The number of aryl methyl sites for hydroxylation is 1. The number of rotatable bonds is 3. The number of nitrogens with zero attached hydrogens (tertiary/aromatic N) is 1. The highest BCUT2D eigenvalue weighted by Gasteiger charge is 2.24. The van der Waals surface area contributed by atoms with Crippen molar-refractivity contribution in [3.63, 3.8) is 0 Å². The fourth-order valence-electron chi connectivity index (χ4n) is 1.97. The van der Waals surface area contributed by atoms with E-state index in [1.807, 2.05) is 6.92 Å². The number of aliphatic hydroxyl groups is 1. The van der Waals surface area contributed by atoms with Gasteiger partial charge in [-0.3, -0.25) is 4.79 Å². The third-order valence-electron chi connectivity index (χ3n) is 3.00. The van der Waals surface area contributed by atoms with Crippen molar-refractivity contribution in [3.05, 3.63) is 28.8 Å². The van der Waals surface area contributed by atoms with Gasteiger partial charge in [0.05, 0.1) is 6.10 Å². The van der Waals surface area contributed by atoms with Crippen LogP contribution in [-0.4, -0.2) is 41.7 Å². The predicted molar refractivity (Wildman–Crippen MR) is 68.9 cm³/mol. The molecule has 0 aliphatic carbocycles. The fraction of sp³-hybridized carbons (Fsp3) is 0.462. The summed E-state index contributed by atoms with van der Waals surface area (Å²) in [6.45, 7) is 2.88. The number of carbonyl (C=O) groups is 1. The average molecular weight is 270 g/mol. The summed E-state index contributed by atoms with van der Waals surface area (Å²) in [7, 11) is 0. The molecule has 1 atom stereocenters. The molecule has 1 saturated heterocycles. The summed E-state index contributed by atoms with van der Waals surface area (Å²) in [5.41, 5.74) is 0.900. The van der Waals surface area contributed by atoms with Gasteiger partial charge in [-0.25, -0.2) is 0 Å². The van der Waals surface area contributed by atoms with Gasteiger partial charge in [0.25, 0.3) is 5.91 Å². The first kappa shape index (κ1) is 13.2. The molecule has 1 fully saturated rings. The molecule has 0 radical (unpaired) electrons. The van der Waals surface area contributed by atoms with Crippen molar-refractivity contribution >= 4 is 17.5 Å². The average Bonchev–Trinajstić information content (AvgIpc) is 2.74. The van der Waals surface area contributed by atoms with Crippen molar-refractivity contribution in [1.82, 2.24) is 4.90 Å². The molecule has 1 aromatic carbocycles. The molecule has 1 amide bonds. The number of halogens is 1. The quantitative estimate of drug-likeness (QED) is 0.907. The number of hydrogen-bond donors (Lipinski definition) is 1. The SMILES string of the molecule is Cc1cc(Cl)ccc1OCC(=O)N1CC[C@H](O)C1. The van der Waals surface area contributed by atoms with Gasteiger partial charge in [0.1, 0.15) is 5.75 Å². The Labute approximate surface area is 111 Å². The minimum atomic E-state index is -0.397. The van der Waals surface area contributed by atoms with Crippen molar-refractivity contribution in [3.8, 4) is 5.75 Å². The van der Waals surface area contributed by atoms with E-state index >= 15 is 0 Å². The molecule has 98 valence electrons. The number of likely N-dealkylation sites (tertiary alicyclic amines) is 1. The van der Waals surface area contributed by atoms with Gasteiger partial charge in [-0.05, 0) is 37.1 Å². The molecule has 0 unspecified atom stereocenters. The highest BCUT2D eigenvalue weighted by atomic mass is 35.5. The third-order valence-corrected chi connectivity index (χ3v) is 3.24. The molecule has 0 aromatic heterocycles. The number of aliphatic hydroxyl groups excluding tert-OH is 1.